The molecule has 0 aliphatic carbocycles. The molecule has 0 fully saturated rings. The molecule has 0 aliphatic heterocycles. The average molecular weight is 331 g/mol. The van der Waals surface area contributed by atoms with Crippen LogP contribution in [0.4, 0.5) is 0 Å². The summed E-state index contributed by atoms with van der Waals surface area (Å²) in [5, 5.41) is 2.95. The summed E-state index contributed by atoms with van der Waals surface area (Å²) in [5.74, 6) is 0.786. The number of para-hydroxylation sites is 1. The zero-order valence-electron chi connectivity index (χ0n) is 14.2. The molecule has 0 bridgehead atoms. The molecule has 3 aromatic carbocycles. The minimum absolute atomic E-state index is 0.00151. The molecule has 0 heterocycles. The fraction of sp³-hybridized carbons (Fsp3) is 0.136. The second kappa shape index (κ2) is 8.15. The molecule has 0 spiro atoms. The lowest BCUT2D eigenvalue weighted by Crippen LogP contribution is -2.24. The number of ether oxygens (including phenoxy) is 1. The first kappa shape index (κ1) is 16.8. The van der Waals surface area contributed by atoms with Crippen molar-refractivity contribution in [3.05, 3.63) is 90.0 Å². The standard InChI is InChI=1S/C22H21NO2/c1-25-21-10-6-5-9-20(21)16-23-22(24)15-17-11-13-19(14-12-17)18-7-3-2-4-8-18/h2-14H,15-16H2,1H3,(H,23,24). The molecular weight excluding hydrogens is 310 g/mol. The Kier molecular flexibility index (Phi) is 5.47. The number of carbonyl (C=O) groups excluding carboxylic acids is 1. The fourth-order valence-electron chi connectivity index (χ4n) is 2.74. The van der Waals surface area contributed by atoms with Crippen molar-refractivity contribution in [2.75, 3.05) is 7.11 Å². The van der Waals surface area contributed by atoms with Gasteiger partial charge in [-0.1, -0.05) is 72.8 Å². The summed E-state index contributed by atoms with van der Waals surface area (Å²) in [5.41, 5.74) is 4.29. The lowest BCUT2D eigenvalue weighted by atomic mass is 10.0. The van der Waals surface area contributed by atoms with Gasteiger partial charge in [-0.05, 0) is 22.8 Å². The van der Waals surface area contributed by atoms with Crippen LogP contribution in [0.2, 0.25) is 0 Å². The number of hydrogen-bond acceptors (Lipinski definition) is 2. The van der Waals surface area contributed by atoms with Crippen molar-refractivity contribution in [1.82, 2.24) is 5.32 Å². The van der Waals surface area contributed by atoms with Crippen molar-refractivity contribution in [3.8, 4) is 16.9 Å². The molecule has 1 amide bonds. The SMILES string of the molecule is COc1ccccc1CNC(=O)Cc1ccc(-c2ccccc2)cc1. The largest absolute Gasteiger partial charge is 0.496 e. The van der Waals surface area contributed by atoms with E-state index in [2.05, 4.69) is 29.6 Å². The maximum Gasteiger partial charge on any atom is 0.224 e. The molecule has 3 rings (SSSR count). The highest BCUT2D eigenvalue weighted by atomic mass is 16.5. The highest BCUT2D eigenvalue weighted by molar-refractivity contribution is 5.79. The summed E-state index contributed by atoms with van der Waals surface area (Å²) < 4.78 is 5.30. The Hall–Kier alpha value is -3.07. The Morgan fingerprint density at radius 1 is 0.840 bits per heavy atom. The summed E-state index contributed by atoms with van der Waals surface area (Å²) in [7, 11) is 1.63. The molecule has 0 unspecified atom stereocenters. The van der Waals surface area contributed by atoms with Crippen molar-refractivity contribution in [2.45, 2.75) is 13.0 Å². The first-order chi connectivity index (χ1) is 12.3. The van der Waals surface area contributed by atoms with E-state index in [4.69, 9.17) is 4.74 Å². The van der Waals surface area contributed by atoms with Crippen LogP contribution in [-0.4, -0.2) is 13.0 Å². The van der Waals surface area contributed by atoms with Gasteiger partial charge in [0, 0.05) is 12.1 Å². The Balaban J connectivity index is 1.58. The number of hydrogen-bond donors (Lipinski definition) is 1. The molecule has 3 heteroatoms. The second-order valence-corrected chi connectivity index (χ2v) is 5.83. The van der Waals surface area contributed by atoms with E-state index in [-0.39, 0.29) is 5.91 Å². The van der Waals surface area contributed by atoms with Gasteiger partial charge in [-0.2, -0.15) is 0 Å². The Labute approximate surface area is 148 Å². The van der Waals surface area contributed by atoms with Gasteiger partial charge in [-0.25, -0.2) is 0 Å². The first-order valence-electron chi connectivity index (χ1n) is 8.29. The molecule has 126 valence electrons. The van der Waals surface area contributed by atoms with Gasteiger partial charge in [-0.3, -0.25) is 4.79 Å². The summed E-state index contributed by atoms with van der Waals surface area (Å²) in [6.07, 6.45) is 0.365. The first-order valence-corrected chi connectivity index (χ1v) is 8.29. The van der Waals surface area contributed by atoms with Crippen molar-refractivity contribution >= 4 is 5.91 Å². The minimum Gasteiger partial charge on any atom is -0.496 e. The third-order valence-corrected chi connectivity index (χ3v) is 4.09. The highest BCUT2D eigenvalue weighted by Gasteiger charge is 2.06. The van der Waals surface area contributed by atoms with Gasteiger partial charge in [0.05, 0.1) is 13.5 Å². The number of methoxy groups -OCH3 is 1. The van der Waals surface area contributed by atoms with Gasteiger partial charge in [0.1, 0.15) is 5.75 Å². The van der Waals surface area contributed by atoms with Crippen LogP contribution < -0.4 is 10.1 Å². The predicted molar refractivity (Wildman–Crippen MR) is 100 cm³/mol. The van der Waals surface area contributed by atoms with E-state index < -0.39 is 0 Å². The lowest BCUT2D eigenvalue weighted by molar-refractivity contribution is -0.120. The quantitative estimate of drug-likeness (QED) is 0.734. The maximum atomic E-state index is 12.2. The van der Waals surface area contributed by atoms with Crippen molar-refractivity contribution in [3.63, 3.8) is 0 Å². The molecule has 0 saturated heterocycles. The molecule has 0 radical (unpaired) electrons. The van der Waals surface area contributed by atoms with Crippen LogP contribution in [0.15, 0.2) is 78.9 Å². The summed E-state index contributed by atoms with van der Waals surface area (Å²) in [6, 6.07) is 26.0. The Morgan fingerprint density at radius 2 is 1.48 bits per heavy atom. The zero-order chi connectivity index (χ0) is 17.5. The zero-order valence-corrected chi connectivity index (χ0v) is 14.2. The van der Waals surface area contributed by atoms with Crippen molar-refractivity contribution in [1.29, 1.82) is 0 Å². The van der Waals surface area contributed by atoms with E-state index in [0.29, 0.717) is 13.0 Å². The highest BCUT2D eigenvalue weighted by Crippen LogP contribution is 2.20. The van der Waals surface area contributed by atoms with Gasteiger partial charge < -0.3 is 10.1 Å². The van der Waals surface area contributed by atoms with E-state index in [0.717, 1.165) is 22.4 Å². The number of rotatable bonds is 6. The van der Waals surface area contributed by atoms with Crippen LogP contribution in [0.5, 0.6) is 5.75 Å². The topological polar surface area (TPSA) is 38.3 Å². The van der Waals surface area contributed by atoms with Crippen LogP contribution >= 0.6 is 0 Å². The third kappa shape index (κ3) is 4.48. The van der Waals surface area contributed by atoms with Crippen molar-refractivity contribution < 1.29 is 9.53 Å². The average Bonchev–Trinajstić information content (AvgIpc) is 2.68. The lowest BCUT2D eigenvalue weighted by Gasteiger charge is -2.10. The van der Waals surface area contributed by atoms with E-state index in [1.807, 2.05) is 54.6 Å². The van der Waals surface area contributed by atoms with Crippen LogP contribution in [0.1, 0.15) is 11.1 Å². The summed E-state index contributed by atoms with van der Waals surface area (Å²) in [4.78, 5) is 12.2. The minimum atomic E-state index is -0.00151. The van der Waals surface area contributed by atoms with E-state index >= 15 is 0 Å². The van der Waals surface area contributed by atoms with Crippen molar-refractivity contribution in [2.24, 2.45) is 0 Å². The van der Waals surface area contributed by atoms with E-state index in [1.165, 1.54) is 5.56 Å². The Morgan fingerprint density at radius 3 is 2.20 bits per heavy atom. The smallest absolute Gasteiger partial charge is 0.224 e. The number of carbonyl (C=O) groups is 1. The second-order valence-electron chi connectivity index (χ2n) is 5.83. The van der Waals surface area contributed by atoms with Gasteiger partial charge >= 0.3 is 0 Å². The monoisotopic (exact) mass is 331 g/mol. The normalized spacial score (nSPS) is 10.3. The van der Waals surface area contributed by atoms with E-state index in [1.54, 1.807) is 7.11 Å². The Bertz CT molecular complexity index is 826. The number of nitrogens with one attached hydrogen (secondary N) is 1. The van der Waals surface area contributed by atoms with Crippen LogP contribution in [0, 0.1) is 0 Å². The summed E-state index contributed by atoms with van der Waals surface area (Å²) in [6.45, 7) is 0.463. The molecular formula is C22H21NO2. The van der Waals surface area contributed by atoms with Crippen LogP contribution in [0.3, 0.4) is 0 Å². The summed E-state index contributed by atoms with van der Waals surface area (Å²) >= 11 is 0. The van der Waals surface area contributed by atoms with Gasteiger partial charge in [0.15, 0.2) is 0 Å². The number of amides is 1. The predicted octanol–water partition coefficient (Wildman–Crippen LogP) is 4.22. The molecule has 25 heavy (non-hydrogen) atoms. The molecule has 0 saturated carbocycles. The maximum absolute atomic E-state index is 12.2. The van der Waals surface area contributed by atoms with Crippen LogP contribution in [0.25, 0.3) is 11.1 Å². The fourth-order valence-corrected chi connectivity index (χ4v) is 2.74. The molecule has 0 atom stereocenters. The molecule has 0 aliphatic rings. The number of benzene rings is 3. The molecule has 1 N–H and O–H groups in total. The van der Waals surface area contributed by atoms with Crippen LogP contribution in [-0.2, 0) is 17.8 Å². The molecule has 3 nitrogen and oxygen atoms in total. The van der Waals surface area contributed by atoms with Gasteiger partial charge in [0.25, 0.3) is 0 Å². The van der Waals surface area contributed by atoms with Gasteiger partial charge in [0.2, 0.25) is 5.91 Å². The van der Waals surface area contributed by atoms with E-state index in [9.17, 15) is 4.79 Å². The third-order valence-electron chi connectivity index (χ3n) is 4.09. The molecule has 0 aromatic heterocycles. The molecule has 3 aromatic rings. The van der Waals surface area contributed by atoms with Gasteiger partial charge in [-0.15, -0.1) is 0 Å².